The Morgan fingerprint density at radius 1 is 1.40 bits per heavy atom. The van der Waals surface area contributed by atoms with E-state index in [-0.39, 0.29) is 34.3 Å². The van der Waals surface area contributed by atoms with Crippen LogP contribution in [0.1, 0.15) is 42.0 Å². The van der Waals surface area contributed by atoms with Gasteiger partial charge in [0.2, 0.25) is 0 Å². The number of nitrogens with zero attached hydrogens (tertiary/aromatic N) is 3. The minimum Gasteiger partial charge on any atom is -0.355 e. The maximum absolute atomic E-state index is 14.9. The zero-order chi connectivity index (χ0) is 25.9. The number of benzene rings is 2. The fourth-order valence-corrected chi connectivity index (χ4v) is 4.29. The van der Waals surface area contributed by atoms with E-state index >= 15 is 0 Å². The number of anilines is 2. The summed E-state index contributed by atoms with van der Waals surface area (Å²) in [6.45, 7) is 6.01. The molecule has 1 spiro atoms. The highest BCUT2D eigenvalue weighted by Crippen LogP contribution is 2.48. The van der Waals surface area contributed by atoms with E-state index in [1.165, 1.54) is 17.0 Å². The second kappa shape index (κ2) is 7.18. The van der Waals surface area contributed by atoms with Crippen LogP contribution < -0.4 is 15.1 Å². The zero-order valence-corrected chi connectivity index (χ0v) is 16.7. The second-order valence-electron chi connectivity index (χ2n) is 7.15. The van der Waals surface area contributed by atoms with Crippen LogP contribution in [0.3, 0.4) is 0 Å². The van der Waals surface area contributed by atoms with Crippen molar-refractivity contribution >= 4 is 46.2 Å². The summed E-state index contributed by atoms with van der Waals surface area (Å²) in [7, 11) is 0. The molecule has 0 bridgehead atoms. The molecule has 1 aliphatic carbocycles. The largest absolute Gasteiger partial charge is 0.355 e. The molecule has 1 N–H and O–H groups in total. The number of thiocarbonyl (C=S) groups is 1. The monoisotopic (exact) mass is 427 g/mol. The quantitative estimate of drug-likeness (QED) is 0.592. The number of rotatable bonds is 3. The maximum Gasteiger partial charge on any atom is 0.259 e. The van der Waals surface area contributed by atoms with Crippen LogP contribution in [0.5, 0.6) is 0 Å². The van der Waals surface area contributed by atoms with Gasteiger partial charge in [0.25, 0.3) is 11.8 Å². The van der Waals surface area contributed by atoms with Crippen LogP contribution in [0, 0.1) is 19.3 Å². The van der Waals surface area contributed by atoms with Crippen LogP contribution in [0.25, 0.3) is 4.85 Å². The number of carbonyl (C=O) groups is 2. The average Bonchev–Trinajstić information content (AvgIpc) is 2.96. The van der Waals surface area contributed by atoms with Crippen LogP contribution in [0.4, 0.5) is 21.5 Å². The molecule has 2 aliphatic rings. The highest BCUT2D eigenvalue weighted by molar-refractivity contribution is 7.81. The summed E-state index contributed by atoms with van der Waals surface area (Å²) in [6, 6.07) is 4.40. The lowest BCUT2D eigenvalue weighted by atomic mass is 9.75. The smallest absolute Gasteiger partial charge is 0.259 e. The standard InChI is InChI=1S/C22H19FN4O2S/c1-13-11-14(6-8-18(13)24-2)26-20(29)22(9-4-10-22)27(21(26)30)15-5-7-16(17(23)12-15)19(28)25-3/h5-8,11-12H,4,9-10H2,1,3H3,(H,25,28)/i3D3,6D,11D. The van der Waals surface area contributed by atoms with Gasteiger partial charge in [-0.1, -0.05) is 6.07 Å². The van der Waals surface area contributed by atoms with Gasteiger partial charge in [-0.3, -0.25) is 14.5 Å². The number of carbonyl (C=O) groups excluding carboxylic acids is 2. The van der Waals surface area contributed by atoms with Crippen molar-refractivity contribution in [2.45, 2.75) is 31.7 Å². The van der Waals surface area contributed by atoms with Gasteiger partial charge < -0.3 is 10.2 Å². The SMILES string of the molecule is [2H]c1cc([N+]#[C-])c(C)c([2H])c1N1C(=O)C2(CCC2)N(c2ccc(C(=O)NC([2H])([2H])[2H])c(F)c2)C1=S. The van der Waals surface area contributed by atoms with Crippen molar-refractivity contribution in [3.05, 3.63) is 64.7 Å². The minimum absolute atomic E-state index is 0.0483. The fraction of sp³-hybridized carbons (Fsp3) is 0.273. The third-order valence-electron chi connectivity index (χ3n) is 5.54. The van der Waals surface area contributed by atoms with Crippen molar-refractivity contribution in [1.29, 1.82) is 0 Å². The van der Waals surface area contributed by atoms with Crippen molar-refractivity contribution in [3.63, 3.8) is 0 Å². The highest BCUT2D eigenvalue weighted by Gasteiger charge is 2.59. The first kappa shape index (κ1) is 14.6. The lowest BCUT2D eigenvalue weighted by Gasteiger charge is -2.43. The Morgan fingerprint density at radius 2 is 2.17 bits per heavy atom. The number of amides is 2. The van der Waals surface area contributed by atoms with Crippen molar-refractivity contribution < 1.29 is 20.8 Å². The third kappa shape index (κ3) is 2.77. The lowest BCUT2D eigenvalue weighted by Crippen LogP contribution is -2.55. The zero-order valence-electron chi connectivity index (χ0n) is 20.9. The molecule has 1 saturated carbocycles. The molecule has 1 saturated heterocycles. The summed E-state index contributed by atoms with van der Waals surface area (Å²) in [4.78, 5) is 31.7. The molecule has 0 unspecified atom stereocenters. The van der Waals surface area contributed by atoms with Gasteiger partial charge in [0.05, 0.1) is 14.9 Å². The summed E-state index contributed by atoms with van der Waals surface area (Å²) in [6.07, 6.45) is 1.52. The predicted molar refractivity (Wildman–Crippen MR) is 116 cm³/mol. The van der Waals surface area contributed by atoms with Gasteiger partial charge in [-0.25, -0.2) is 9.24 Å². The van der Waals surface area contributed by atoms with Crippen molar-refractivity contribution in [3.8, 4) is 0 Å². The lowest BCUT2D eigenvalue weighted by molar-refractivity contribution is -0.123. The average molecular weight is 428 g/mol. The molecule has 0 aromatic heterocycles. The normalized spacial score (nSPS) is 20.0. The van der Waals surface area contributed by atoms with Crippen molar-refractivity contribution in [2.75, 3.05) is 16.8 Å². The molecule has 2 amide bonds. The first-order valence-corrected chi connectivity index (χ1v) is 9.52. The molecule has 8 heteroatoms. The van der Waals surface area contributed by atoms with Gasteiger partial charge in [-0.15, -0.1) is 0 Å². The van der Waals surface area contributed by atoms with Crippen LogP contribution in [0.15, 0.2) is 36.4 Å². The van der Waals surface area contributed by atoms with E-state index in [9.17, 15) is 14.0 Å². The molecular formula is C22H19FN4O2S. The van der Waals surface area contributed by atoms with E-state index in [1.54, 1.807) is 12.2 Å². The Labute approximate surface area is 186 Å². The Kier molecular flexibility index (Phi) is 3.51. The molecular weight excluding hydrogens is 403 g/mol. The first-order valence-electron chi connectivity index (χ1n) is 11.6. The van der Waals surface area contributed by atoms with Gasteiger partial charge in [-0.05, 0) is 74.3 Å². The van der Waals surface area contributed by atoms with Crippen LogP contribution in [0.2, 0.25) is 0 Å². The second-order valence-corrected chi connectivity index (χ2v) is 7.51. The molecule has 0 radical (unpaired) electrons. The number of nitrogens with one attached hydrogen (secondary N) is 1. The van der Waals surface area contributed by atoms with Crippen molar-refractivity contribution in [2.24, 2.45) is 0 Å². The fourth-order valence-electron chi connectivity index (χ4n) is 3.83. The summed E-state index contributed by atoms with van der Waals surface area (Å²) in [5, 5.41) is 1.68. The molecule has 6 nitrogen and oxygen atoms in total. The first-order chi connectivity index (χ1) is 16.3. The third-order valence-corrected chi connectivity index (χ3v) is 5.91. The van der Waals surface area contributed by atoms with E-state index in [1.807, 2.05) is 0 Å². The molecule has 4 rings (SSSR count). The number of hydrogen-bond acceptors (Lipinski definition) is 3. The Bertz CT molecular complexity index is 1340. The summed E-state index contributed by atoms with van der Waals surface area (Å²) in [5.41, 5.74) is -1.04. The number of halogens is 1. The van der Waals surface area contributed by atoms with E-state index in [2.05, 4.69) is 4.85 Å². The Balaban J connectivity index is 1.78. The topological polar surface area (TPSA) is 57.0 Å². The molecule has 152 valence electrons. The number of hydrogen-bond donors (Lipinski definition) is 1. The molecule has 30 heavy (non-hydrogen) atoms. The van der Waals surface area contributed by atoms with E-state index < -0.39 is 35.7 Å². The summed E-state index contributed by atoms with van der Waals surface area (Å²) in [5.74, 6) is -2.55. The molecule has 2 aromatic carbocycles. The van der Waals surface area contributed by atoms with Gasteiger partial charge in [-0.2, -0.15) is 0 Å². The van der Waals surface area contributed by atoms with Crippen LogP contribution in [-0.2, 0) is 4.79 Å². The van der Waals surface area contributed by atoms with Gasteiger partial charge in [0.1, 0.15) is 11.4 Å². The molecule has 0 atom stereocenters. The molecule has 1 heterocycles. The highest BCUT2D eigenvalue weighted by atomic mass is 32.1. The summed E-state index contributed by atoms with van der Waals surface area (Å²) >= 11 is 5.60. The Hall–Kier alpha value is -3.31. The minimum atomic E-state index is -2.79. The van der Waals surface area contributed by atoms with E-state index in [4.69, 9.17) is 25.6 Å². The van der Waals surface area contributed by atoms with Crippen LogP contribution in [-0.4, -0.2) is 29.4 Å². The van der Waals surface area contributed by atoms with Gasteiger partial charge in [0, 0.05) is 22.5 Å². The molecule has 2 aromatic rings. The molecule has 1 aliphatic heterocycles. The Morgan fingerprint density at radius 3 is 2.77 bits per heavy atom. The van der Waals surface area contributed by atoms with Gasteiger partial charge in [0.15, 0.2) is 10.8 Å². The predicted octanol–water partition coefficient (Wildman–Crippen LogP) is 4.11. The van der Waals surface area contributed by atoms with E-state index in [0.29, 0.717) is 24.8 Å². The van der Waals surface area contributed by atoms with Crippen molar-refractivity contribution in [1.82, 2.24) is 5.32 Å². The van der Waals surface area contributed by atoms with E-state index in [0.717, 1.165) is 17.0 Å². The van der Waals surface area contributed by atoms with Gasteiger partial charge >= 0.3 is 0 Å². The molecule has 2 fully saturated rings. The van der Waals surface area contributed by atoms with Crippen LogP contribution >= 0.6 is 12.2 Å². The summed E-state index contributed by atoms with van der Waals surface area (Å²) < 4.78 is 53.2. The maximum atomic E-state index is 14.9.